The Hall–Kier alpha value is -1.62. The Bertz CT molecular complexity index is 391. The summed E-state index contributed by atoms with van der Waals surface area (Å²) in [7, 11) is 0. The maximum atomic E-state index is 11.2. The van der Waals surface area contributed by atoms with Crippen molar-refractivity contribution < 1.29 is 4.79 Å². The van der Waals surface area contributed by atoms with Crippen LogP contribution in [-0.4, -0.2) is 5.78 Å². The second-order valence-corrected chi connectivity index (χ2v) is 3.78. The SMILES string of the molecule is N#C[C@]1(c2ccccc2)CCC(=O)C1. The molecule has 0 N–H and O–H groups in total. The fraction of sp³-hybridized carbons (Fsp3) is 0.333. The first-order chi connectivity index (χ1) is 6.77. The lowest BCUT2D eigenvalue weighted by atomic mass is 9.80. The summed E-state index contributed by atoms with van der Waals surface area (Å²) in [5, 5.41) is 9.19. The van der Waals surface area contributed by atoms with Gasteiger partial charge in [0.2, 0.25) is 0 Å². The van der Waals surface area contributed by atoms with Gasteiger partial charge in [0.25, 0.3) is 0 Å². The molecule has 1 aromatic rings. The largest absolute Gasteiger partial charge is 0.300 e. The molecule has 0 aromatic heterocycles. The number of ketones is 1. The van der Waals surface area contributed by atoms with Crippen LogP contribution in [0.5, 0.6) is 0 Å². The average Bonchev–Trinajstić information content (AvgIpc) is 2.63. The lowest BCUT2D eigenvalue weighted by Gasteiger charge is -2.19. The standard InChI is InChI=1S/C12H11NO/c13-9-12(7-6-11(14)8-12)10-4-2-1-3-5-10/h1-5H,6-8H2/t12-/m0/s1. The summed E-state index contributed by atoms with van der Waals surface area (Å²) in [6, 6.07) is 11.9. The molecule has 14 heavy (non-hydrogen) atoms. The van der Waals surface area contributed by atoms with Crippen molar-refractivity contribution in [3.05, 3.63) is 35.9 Å². The molecule has 1 aliphatic carbocycles. The van der Waals surface area contributed by atoms with Gasteiger partial charge in [0.05, 0.1) is 11.5 Å². The molecule has 70 valence electrons. The summed E-state index contributed by atoms with van der Waals surface area (Å²) in [4.78, 5) is 11.2. The fourth-order valence-electron chi connectivity index (χ4n) is 2.03. The summed E-state index contributed by atoms with van der Waals surface area (Å²) < 4.78 is 0. The molecule has 1 aromatic carbocycles. The van der Waals surface area contributed by atoms with E-state index in [1.165, 1.54) is 0 Å². The van der Waals surface area contributed by atoms with Crippen LogP contribution < -0.4 is 0 Å². The normalized spacial score (nSPS) is 26.1. The molecule has 1 atom stereocenters. The maximum absolute atomic E-state index is 11.2. The van der Waals surface area contributed by atoms with Crippen molar-refractivity contribution >= 4 is 5.78 Å². The van der Waals surface area contributed by atoms with Gasteiger partial charge in [-0.2, -0.15) is 5.26 Å². The van der Waals surface area contributed by atoms with E-state index in [2.05, 4.69) is 6.07 Å². The molecule has 0 unspecified atom stereocenters. The second kappa shape index (κ2) is 3.26. The first kappa shape index (κ1) is 8.96. The van der Waals surface area contributed by atoms with Crippen molar-refractivity contribution in [3.8, 4) is 6.07 Å². The first-order valence-electron chi connectivity index (χ1n) is 4.75. The van der Waals surface area contributed by atoms with Crippen molar-refractivity contribution in [3.63, 3.8) is 0 Å². The summed E-state index contributed by atoms with van der Waals surface area (Å²) >= 11 is 0. The summed E-state index contributed by atoms with van der Waals surface area (Å²) in [5.41, 5.74) is 0.437. The van der Waals surface area contributed by atoms with E-state index in [1.54, 1.807) is 0 Å². The van der Waals surface area contributed by atoms with Crippen molar-refractivity contribution in [2.24, 2.45) is 0 Å². The van der Waals surface area contributed by atoms with Gasteiger partial charge >= 0.3 is 0 Å². The van der Waals surface area contributed by atoms with E-state index in [9.17, 15) is 10.1 Å². The van der Waals surface area contributed by atoms with Gasteiger partial charge in [-0.3, -0.25) is 4.79 Å². The minimum absolute atomic E-state index is 0.204. The van der Waals surface area contributed by atoms with Gasteiger partial charge in [0, 0.05) is 12.8 Å². The molecular weight excluding hydrogens is 174 g/mol. The van der Waals surface area contributed by atoms with Crippen LogP contribution in [0.4, 0.5) is 0 Å². The molecule has 1 saturated carbocycles. The smallest absolute Gasteiger partial charge is 0.134 e. The quantitative estimate of drug-likeness (QED) is 0.673. The zero-order chi connectivity index (χ0) is 10.0. The lowest BCUT2D eigenvalue weighted by Crippen LogP contribution is -2.19. The van der Waals surface area contributed by atoms with E-state index >= 15 is 0 Å². The van der Waals surface area contributed by atoms with Gasteiger partial charge in [-0.05, 0) is 12.0 Å². The molecule has 0 amide bonds. The molecule has 0 heterocycles. The minimum atomic E-state index is -0.543. The monoisotopic (exact) mass is 185 g/mol. The third kappa shape index (κ3) is 1.31. The molecule has 0 saturated heterocycles. The van der Waals surface area contributed by atoms with Gasteiger partial charge in [-0.25, -0.2) is 0 Å². The van der Waals surface area contributed by atoms with Crippen LogP contribution in [0, 0.1) is 11.3 Å². The number of carbonyl (C=O) groups is 1. The Morgan fingerprint density at radius 1 is 1.29 bits per heavy atom. The molecule has 2 rings (SSSR count). The Kier molecular flexibility index (Phi) is 2.09. The predicted molar refractivity (Wildman–Crippen MR) is 52.6 cm³/mol. The van der Waals surface area contributed by atoms with Crippen LogP contribution in [-0.2, 0) is 10.2 Å². The molecule has 1 fully saturated rings. The van der Waals surface area contributed by atoms with E-state index in [0.717, 1.165) is 5.56 Å². The molecule has 2 heteroatoms. The van der Waals surface area contributed by atoms with Gasteiger partial charge in [-0.15, -0.1) is 0 Å². The fourth-order valence-corrected chi connectivity index (χ4v) is 2.03. The summed E-state index contributed by atoms with van der Waals surface area (Å²) in [6.45, 7) is 0. The molecule has 1 aliphatic rings. The number of hydrogen-bond donors (Lipinski definition) is 0. The highest BCUT2D eigenvalue weighted by Gasteiger charge is 2.39. The third-order valence-corrected chi connectivity index (χ3v) is 2.87. The van der Waals surface area contributed by atoms with E-state index in [4.69, 9.17) is 0 Å². The zero-order valence-electron chi connectivity index (χ0n) is 7.86. The van der Waals surface area contributed by atoms with Crippen molar-refractivity contribution in [2.75, 3.05) is 0 Å². The van der Waals surface area contributed by atoms with Crippen molar-refractivity contribution in [1.82, 2.24) is 0 Å². The maximum Gasteiger partial charge on any atom is 0.134 e. The predicted octanol–water partition coefficient (Wildman–Crippen LogP) is 2.20. The van der Waals surface area contributed by atoms with Gasteiger partial charge < -0.3 is 0 Å². The number of nitriles is 1. The zero-order valence-corrected chi connectivity index (χ0v) is 7.86. The number of hydrogen-bond acceptors (Lipinski definition) is 2. The average molecular weight is 185 g/mol. The summed E-state index contributed by atoms with van der Waals surface area (Å²) in [5.74, 6) is 0.204. The van der Waals surface area contributed by atoms with E-state index < -0.39 is 5.41 Å². The molecular formula is C12H11NO. The number of carbonyl (C=O) groups excluding carboxylic acids is 1. The van der Waals surface area contributed by atoms with Crippen molar-refractivity contribution in [2.45, 2.75) is 24.7 Å². The third-order valence-electron chi connectivity index (χ3n) is 2.87. The highest BCUT2D eigenvalue weighted by atomic mass is 16.1. The topological polar surface area (TPSA) is 40.9 Å². The Labute approximate surface area is 83.2 Å². The van der Waals surface area contributed by atoms with Gasteiger partial charge in [0.15, 0.2) is 0 Å². The van der Waals surface area contributed by atoms with E-state index in [1.807, 2.05) is 30.3 Å². The van der Waals surface area contributed by atoms with Crippen LogP contribution in [0.3, 0.4) is 0 Å². The molecule has 2 nitrogen and oxygen atoms in total. The number of benzene rings is 1. The van der Waals surface area contributed by atoms with E-state index in [-0.39, 0.29) is 5.78 Å². The first-order valence-corrected chi connectivity index (χ1v) is 4.75. The molecule has 0 radical (unpaired) electrons. The Balaban J connectivity index is 2.41. The highest BCUT2D eigenvalue weighted by molar-refractivity contribution is 5.83. The summed E-state index contributed by atoms with van der Waals surface area (Å²) in [6.07, 6.45) is 1.60. The van der Waals surface area contributed by atoms with Crippen LogP contribution >= 0.6 is 0 Å². The Morgan fingerprint density at radius 3 is 2.50 bits per heavy atom. The van der Waals surface area contributed by atoms with E-state index in [0.29, 0.717) is 19.3 Å². The number of Topliss-reactive ketones (excluding diaryl/α,β-unsaturated/α-hetero) is 1. The second-order valence-electron chi connectivity index (χ2n) is 3.78. The molecule has 0 aliphatic heterocycles. The molecule has 0 spiro atoms. The van der Waals surface area contributed by atoms with Crippen LogP contribution in [0.1, 0.15) is 24.8 Å². The van der Waals surface area contributed by atoms with Gasteiger partial charge in [-0.1, -0.05) is 30.3 Å². The Morgan fingerprint density at radius 2 is 2.00 bits per heavy atom. The van der Waals surface area contributed by atoms with Crippen LogP contribution in [0.15, 0.2) is 30.3 Å². The molecule has 0 bridgehead atoms. The van der Waals surface area contributed by atoms with Crippen LogP contribution in [0.2, 0.25) is 0 Å². The lowest BCUT2D eigenvalue weighted by molar-refractivity contribution is -0.117. The van der Waals surface area contributed by atoms with Crippen molar-refractivity contribution in [1.29, 1.82) is 5.26 Å². The highest BCUT2D eigenvalue weighted by Crippen LogP contribution is 2.38. The minimum Gasteiger partial charge on any atom is -0.300 e. The van der Waals surface area contributed by atoms with Crippen LogP contribution in [0.25, 0.3) is 0 Å². The number of rotatable bonds is 1. The van der Waals surface area contributed by atoms with Gasteiger partial charge in [0.1, 0.15) is 5.78 Å². The number of nitrogens with zero attached hydrogens (tertiary/aromatic N) is 1.